The summed E-state index contributed by atoms with van der Waals surface area (Å²) in [6, 6.07) is 21.0. The lowest BCUT2D eigenvalue weighted by atomic mass is 9.84. The Morgan fingerprint density at radius 3 is 1.33 bits per heavy atom. The summed E-state index contributed by atoms with van der Waals surface area (Å²) in [5, 5.41) is 49.1. The highest BCUT2D eigenvalue weighted by molar-refractivity contribution is 5.45. The molecule has 4 aromatic carbocycles. The van der Waals surface area contributed by atoms with E-state index in [0.717, 1.165) is 22.3 Å². The number of fused-ring (bicyclic) bond motifs is 1. The van der Waals surface area contributed by atoms with Crippen LogP contribution in [0.2, 0.25) is 0 Å². The van der Waals surface area contributed by atoms with Crippen LogP contribution in [0.4, 0.5) is 0 Å². The number of benzene rings is 4. The highest BCUT2D eigenvalue weighted by Gasteiger charge is 2.48. The van der Waals surface area contributed by atoms with Crippen LogP contribution in [0.15, 0.2) is 72.8 Å². The number of hydrogen-bond acceptors (Lipinski definition) is 12. The molecule has 3 saturated heterocycles. The summed E-state index contributed by atoms with van der Waals surface area (Å²) in [6.45, 7) is 1.69. The Morgan fingerprint density at radius 1 is 0.519 bits per heavy atom. The standard InChI is InChI=1S/C20H22O6.C20H24O6/c1-23-17-7-11(3-5-15(17)21)19-13-9-26-20(14(13)10-25-19)12-4-6-16(22)18(8-12)24-2;1-24-18-8-12(3-5-16(18)22)7-14-11-26-20(15(14)10-21)13-4-6-17(23)19(9-13)25-2/h3-8,13-14,19-22H,9-10H2,1-2H3;3-6,8-9,14-15,20-23H,7,10-11H2,1-2H3. The molecule has 0 radical (unpaired) electrons. The molecular formula is C40H46O12. The second kappa shape index (κ2) is 16.2. The van der Waals surface area contributed by atoms with Crippen LogP contribution in [-0.2, 0) is 20.6 Å². The van der Waals surface area contributed by atoms with Gasteiger partial charge in [0.25, 0.3) is 0 Å². The third kappa shape index (κ3) is 7.51. The molecule has 52 heavy (non-hydrogen) atoms. The van der Waals surface area contributed by atoms with Crippen molar-refractivity contribution in [2.24, 2.45) is 23.7 Å². The van der Waals surface area contributed by atoms with Gasteiger partial charge in [-0.3, -0.25) is 0 Å². The summed E-state index contributed by atoms with van der Waals surface area (Å²) in [4.78, 5) is 0. The molecule has 12 heteroatoms. The van der Waals surface area contributed by atoms with E-state index in [1.54, 1.807) is 42.5 Å². The van der Waals surface area contributed by atoms with Gasteiger partial charge in [-0.05, 0) is 83.1 Å². The molecule has 0 saturated carbocycles. The first-order valence-corrected chi connectivity index (χ1v) is 17.1. The van der Waals surface area contributed by atoms with E-state index in [4.69, 9.17) is 33.2 Å². The van der Waals surface area contributed by atoms with Crippen molar-refractivity contribution in [3.63, 3.8) is 0 Å². The second-order valence-electron chi connectivity index (χ2n) is 13.2. The number of phenols is 4. The highest BCUT2D eigenvalue weighted by atomic mass is 16.5. The number of aromatic hydroxyl groups is 4. The molecule has 3 heterocycles. The van der Waals surface area contributed by atoms with Gasteiger partial charge in [0.15, 0.2) is 46.0 Å². The van der Waals surface area contributed by atoms with Crippen molar-refractivity contribution in [1.29, 1.82) is 0 Å². The Kier molecular flexibility index (Phi) is 11.5. The number of ether oxygens (including phenoxy) is 7. The zero-order chi connectivity index (χ0) is 36.9. The maximum Gasteiger partial charge on any atom is 0.160 e. The first-order valence-electron chi connectivity index (χ1n) is 17.1. The van der Waals surface area contributed by atoms with Crippen molar-refractivity contribution in [1.82, 2.24) is 0 Å². The van der Waals surface area contributed by atoms with Gasteiger partial charge in [0.2, 0.25) is 0 Å². The molecule has 0 amide bonds. The molecule has 3 aliphatic heterocycles. The minimum atomic E-state index is -0.265. The molecule has 3 aliphatic rings. The number of hydrogen-bond donors (Lipinski definition) is 5. The molecule has 0 spiro atoms. The van der Waals surface area contributed by atoms with Crippen LogP contribution in [0.1, 0.15) is 40.6 Å². The predicted octanol–water partition coefficient (Wildman–Crippen LogP) is 5.84. The molecule has 5 N–H and O–H groups in total. The van der Waals surface area contributed by atoms with E-state index in [9.17, 15) is 25.5 Å². The SMILES string of the molecule is COc1cc(C2OCC3C(c4ccc(O)c(OC)c4)OCC23)ccc1O.COc1cc(CC2COC(c3ccc(O)c(OC)c3)C2CO)ccc1O. The lowest BCUT2D eigenvalue weighted by Gasteiger charge is -2.22. The van der Waals surface area contributed by atoms with E-state index in [0.29, 0.717) is 49.2 Å². The van der Waals surface area contributed by atoms with Crippen molar-refractivity contribution >= 4 is 0 Å². The topological polar surface area (TPSA) is 166 Å². The third-order valence-electron chi connectivity index (χ3n) is 10.3. The fourth-order valence-corrected chi connectivity index (χ4v) is 7.52. The quantitative estimate of drug-likeness (QED) is 0.133. The van der Waals surface area contributed by atoms with Crippen LogP contribution >= 0.6 is 0 Å². The van der Waals surface area contributed by atoms with Crippen LogP contribution in [-0.4, -0.2) is 80.4 Å². The van der Waals surface area contributed by atoms with Gasteiger partial charge in [-0.1, -0.05) is 24.3 Å². The first-order chi connectivity index (χ1) is 25.2. The minimum Gasteiger partial charge on any atom is -0.504 e. The van der Waals surface area contributed by atoms with Gasteiger partial charge >= 0.3 is 0 Å². The first kappa shape index (κ1) is 36.9. The fraction of sp³-hybridized carbons (Fsp3) is 0.400. The molecule has 3 fully saturated rings. The fourth-order valence-electron chi connectivity index (χ4n) is 7.52. The van der Waals surface area contributed by atoms with Crippen molar-refractivity contribution < 1.29 is 58.7 Å². The highest BCUT2D eigenvalue weighted by Crippen LogP contribution is 2.51. The molecule has 278 valence electrons. The second-order valence-corrected chi connectivity index (χ2v) is 13.2. The maximum absolute atomic E-state index is 9.95. The van der Waals surface area contributed by atoms with Gasteiger partial charge < -0.3 is 58.7 Å². The number of phenolic OH excluding ortho intramolecular Hbond substituents is 4. The van der Waals surface area contributed by atoms with Gasteiger partial charge in [-0.25, -0.2) is 0 Å². The van der Waals surface area contributed by atoms with Crippen molar-refractivity contribution in [2.45, 2.75) is 24.7 Å². The maximum atomic E-state index is 9.95. The summed E-state index contributed by atoms with van der Waals surface area (Å²) >= 11 is 0. The van der Waals surface area contributed by atoms with E-state index in [1.807, 2.05) is 30.3 Å². The third-order valence-corrected chi connectivity index (χ3v) is 10.3. The van der Waals surface area contributed by atoms with E-state index < -0.39 is 0 Å². The van der Waals surface area contributed by atoms with E-state index >= 15 is 0 Å². The predicted molar refractivity (Wildman–Crippen MR) is 189 cm³/mol. The van der Waals surface area contributed by atoms with Crippen LogP contribution in [0, 0.1) is 23.7 Å². The van der Waals surface area contributed by atoms with Gasteiger partial charge in [0, 0.05) is 24.4 Å². The van der Waals surface area contributed by atoms with Crippen LogP contribution in [0.25, 0.3) is 0 Å². The molecule has 7 rings (SSSR count). The molecule has 7 atom stereocenters. The van der Waals surface area contributed by atoms with Gasteiger partial charge in [-0.15, -0.1) is 0 Å². The Balaban J connectivity index is 0.000000179. The van der Waals surface area contributed by atoms with Gasteiger partial charge in [0.05, 0.1) is 66.6 Å². The largest absolute Gasteiger partial charge is 0.504 e. The van der Waals surface area contributed by atoms with Crippen molar-refractivity contribution in [3.05, 3.63) is 95.1 Å². The Morgan fingerprint density at radius 2 is 0.904 bits per heavy atom. The normalized spacial score (nSPS) is 24.8. The smallest absolute Gasteiger partial charge is 0.160 e. The minimum absolute atomic E-state index is 0.00621. The van der Waals surface area contributed by atoms with Crippen LogP contribution in [0.5, 0.6) is 46.0 Å². The van der Waals surface area contributed by atoms with Crippen molar-refractivity contribution in [2.75, 3.05) is 54.9 Å². The molecule has 7 unspecified atom stereocenters. The lowest BCUT2D eigenvalue weighted by molar-refractivity contribution is 0.0191. The van der Waals surface area contributed by atoms with Crippen LogP contribution < -0.4 is 18.9 Å². The van der Waals surface area contributed by atoms with Gasteiger partial charge in [0.1, 0.15) is 0 Å². The molecule has 0 aliphatic carbocycles. The number of aliphatic hydroxyl groups is 1. The van der Waals surface area contributed by atoms with Gasteiger partial charge in [-0.2, -0.15) is 0 Å². The van der Waals surface area contributed by atoms with E-state index in [-0.39, 0.29) is 71.6 Å². The zero-order valence-corrected chi connectivity index (χ0v) is 29.6. The zero-order valence-electron chi connectivity index (χ0n) is 29.6. The summed E-state index contributed by atoms with van der Waals surface area (Å²) in [6.07, 6.45) is 0.239. The summed E-state index contributed by atoms with van der Waals surface area (Å²) in [5.41, 5.74) is 3.82. The average molecular weight is 719 g/mol. The summed E-state index contributed by atoms with van der Waals surface area (Å²) in [7, 11) is 6.08. The molecule has 0 bridgehead atoms. The van der Waals surface area contributed by atoms with E-state index in [2.05, 4.69) is 0 Å². The molecular weight excluding hydrogens is 672 g/mol. The Labute approximate surface area is 302 Å². The Hall–Kier alpha value is -4.88. The molecule has 12 nitrogen and oxygen atoms in total. The number of aliphatic hydroxyl groups excluding tert-OH is 1. The van der Waals surface area contributed by atoms with Crippen molar-refractivity contribution in [3.8, 4) is 46.0 Å². The summed E-state index contributed by atoms with van der Waals surface area (Å²) < 4.78 is 38.9. The summed E-state index contributed by atoms with van der Waals surface area (Å²) in [5.74, 6) is 2.57. The monoisotopic (exact) mass is 718 g/mol. The Bertz CT molecular complexity index is 1680. The van der Waals surface area contributed by atoms with Crippen LogP contribution in [0.3, 0.4) is 0 Å². The average Bonchev–Trinajstić information content (AvgIpc) is 3.89. The molecule has 4 aromatic rings. The number of methoxy groups -OCH3 is 4. The lowest BCUT2D eigenvalue weighted by Crippen LogP contribution is -2.21. The molecule has 0 aromatic heterocycles. The number of rotatable bonds is 10. The van der Waals surface area contributed by atoms with E-state index in [1.165, 1.54) is 28.4 Å².